The first-order valence-corrected chi connectivity index (χ1v) is 11.3. The molecule has 0 saturated carbocycles. The highest BCUT2D eigenvalue weighted by atomic mass is 32.2. The first-order chi connectivity index (χ1) is 14.5. The lowest BCUT2D eigenvalue weighted by atomic mass is 10.2. The van der Waals surface area contributed by atoms with Gasteiger partial charge in [-0.1, -0.05) is 6.07 Å². The van der Waals surface area contributed by atoms with Crippen LogP contribution < -0.4 is 19.6 Å². The van der Waals surface area contributed by atoms with Crippen LogP contribution in [0, 0.1) is 0 Å². The van der Waals surface area contributed by atoms with E-state index in [4.69, 9.17) is 9.47 Å². The van der Waals surface area contributed by atoms with Gasteiger partial charge in [0.15, 0.2) is 11.5 Å². The summed E-state index contributed by atoms with van der Waals surface area (Å²) in [6.45, 7) is 1.01. The molecule has 0 radical (unpaired) electrons. The molecular weight excluding hydrogens is 426 g/mol. The fourth-order valence-electron chi connectivity index (χ4n) is 2.68. The molecule has 1 aliphatic heterocycles. The lowest BCUT2D eigenvalue weighted by Gasteiger charge is -2.18. The summed E-state index contributed by atoms with van der Waals surface area (Å²) >= 11 is 1.13. The third-order valence-electron chi connectivity index (χ3n) is 4.11. The van der Waals surface area contributed by atoms with E-state index < -0.39 is 15.9 Å². The van der Waals surface area contributed by atoms with Crippen LogP contribution in [0.1, 0.15) is 15.9 Å². The Balaban J connectivity index is 1.36. The average Bonchev–Trinajstić information content (AvgIpc) is 3.30. The van der Waals surface area contributed by atoms with Gasteiger partial charge < -0.3 is 9.47 Å². The minimum absolute atomic E-state index is 0.220. The zero-order valence-electron chi connectivity index (χ0n) is 15.6. The van der Waals surface area contributed by atoms with Crippen LogP contribution >= 0.6 is 11.3 Å². The molecule has 3 aromatic rings. The number of sulfonamides is 1. The molecule has 0 aliphatic carbocycles. The van der Waals surface area contributed by atoms with Crippen LogP contribution in [0.3, 0.4) is 0 Å². The van der Waals surface area contributed by atoms with Crippen molar-refractivity contribution in [3.8, 4) is 11.5 Å². The molecule has 4 rings (SSSR count). The molecule has 1 aromatic heterocycles. The van der Waals surface area contributed by atoms with Crippen LogP contribution in [0.15, 0.2) is 69.3 Å². The maximum absolute atomic E-state index is 12.2. The van der Waals surface area contributed by atoms with Crippen molar-refractivity contribution in [2.24, 2.45) is 5.10 Å². The molecule has 0 unspecified atom stereocenters. The number of amides is 1. The number of hydrogen-bond donors (Lipinski definition) is 2. The molecule has 8 nitrogen and oxygen atoms in total. The molecule has 0 atom stereocenters. The molecule has 0 spiro atoms. The Labute approximate surface area is 177 Å². The first kappa shape index (κ1) is 19.9. The van der Waals surface area contributed by atoms with Crippen molar-refractivity contribution >= 4 is 39.2 Å². The van der Waals surface area contributed by atoms with Gasteiger partial charge in [0, 0.05) is 11.3 Å². The number of ether oxygens (including phenoxy) is 2. The zero-order valence-corrected chi connectivity index (χ0v) is 17.2. The normalized spacial score (nSPS) is 13.2. The number of hydrogen-bond acceptors (Lipinski definition) is 7. The summed E-state index contributed by atoms with van der Waals surface area (Å²) in [6, 6.07) is 14.6. The van der Waals surface area contributed by atoms with Crippen LogP contribution in [0.25, 0.3) is 0 Å². The molecule has 0 fully saturated rings. The van der Waals surface area contributed by atoms with E-state index in [0.717, 1.165) is 16.9 Å². The van der Waals surface area contributed by atoms with E-state index in [0.29, 0.717) is 36.0 Å². The van der Waals surface area contributed by atoms with Gasteiger partial charge >= 0.3 is 0 Å². The molecule has 2 N–H and O–H groups in total. The van der Waals surface area contributed by atoms with E-state index in [9.17, 15) is 13.2 Å². The summed E-state index contributed by atoms with van der Waals surface area (Å²) in [7, 11) is -3.63. The summed E-state index contributed by atoms with van der Waals surface area (Å²) in [5, 5.41) is 5.64. The number of benzene rings is 2. The number of carbonyl (C=O) groups excluding carboxylic acids is 1. The maximum Gasteiger partial charge on any atom is 0.271 e. The van der Waals surface area contributed by atoms with Crippen molar-refractivity contribution in [3.63, 3.8) is 0 Å². The quantitative estimate of drug-likeness (QED) is 0.450. The average molecular weight is 444 g/mol. The summed E-state index contributed by atoms with van der Waals surface area (Å²) < 4.78 is 38.1. The SMILES string of the molecule is O=C(N/N=C\c1ccc2c(c1)OCCO2)c1ccc(NS(=O)(=O)c2cccs2)cc1. The van der Waals surface area contributed by atoms with E-state index in [1.807, 2.05) is 0 Å². The molecule has 30 heavy (non-hydrogen) atoms. The second-order valence-electron chi connectivity index (χ2n) is 6.22. The molecule has 2 aromatic carbocycles. The third kappa shape index (κ3) is 4.61. The standard InChI is InChI=1S/C20H17N3O5S2/c24-20(22-21-13-14-3-8-17-18(12-14)28-10-9-27-17)15-4-6-16(7-5-15)23-30(25,26)19-2-1-11-29-19/h1-8,11-13,23H,9-10H2,(H,22,24)/b21-13-. The summed E-state index contributed by atoms with van der Waals surface area (Å²) in [4.78, 5) is 12.2. The van der Waals surface area contributed by atoms with Gasteiger partial charge in [-0.25, -0.2) is 13.8 Å². The van der Waals surface area contributed by atoms with Crippen molar-refractivity contribution in [1.82, 2.24) is 5.43 Å². The minimum atomic E-state index is -3.63. The van der Waals surface area contributed by atoms with Crippen molar-refractivity contribution in [2.45, 2.75) is 4.21 Å². The number of nitrogens with zero attached hydrogens (tertiary/aromatic N) is 1. The van der Waals surface area contributed by atoms with Gasteiger partial charge in [-0.15, -0.1) is 11.3 Å². The van der Waals surface area contributed by atoms with Gasteiger partial charge in [-0.05, 0) is 59.5 Å². The lowest BCUT2D eigenvalue weighted by molar-refractivity contribution is 0.0955. The smallest absolute Gasteiger partial charge is 0.271 e. The molecule has 1 amide bonds. The Morgan fingerprint density at radius 3 is 2.53 bits per heavy atom. The summed E-state index contributed by atoms with van der Waals surface area (Å²) in [5.41, 5.74) is 3.89. The van der Waals surface area contributed by atoms with E-state index in [-0.39, 0.29) is 4.21 Å². The largest absolute Gasteiger partial charge is 0.486 e. The van der Waals surface area contributed by atoms with Gasteiger partial charge in [-0.3, -0.25) is 9.52 Å². The predicted molar refractivity (Wildman–Crippen MR) is 114 cm³/mol. The highest BCUT2D eigenvalue weighted by Gasteiger charge is 2.15. The highest BCUT2D eigenvalue weighted by Crippen LogP contribution is 2.30. The van der Waals surface area contributed by atoms with E-state index in [1.54, 1.807) is 29.6 Å². The van der Waals surface area contributed by atoms with Crippen molar-refractivity contribution in [3.05, 3.63) is 71.1 Å². The van der Waals surface area contributed by atoms with Crippen molar-refractivity contribution < 1.29 is 22.7 Å². The van der Waals surface area contributed by atoms with Crippen molar-refractivity contribution in [1.29, 1.82) is 0 Å². The molecule has 0 bridgehead atoms. The van der Waals surface area contributed by atoms with Crippen LogP contribution in [-0.2, 0) is 10.0 Å². The Hall–Kier alpha value is -3.37. The number of thiophene rings is 1. The van der Waals surface area contributed by atoms with E-state index in [1.165, 1.54) is 36.5 Å². The molecular formula is C20H17N3O5S2. The van der Waals surface area contributed by atoms with Gasteiger partial charge in [0.1, 0.15) is 17.4 Å². The van der Waals surface area contributed by atoms with Gasteiger partial charge in [0.05, 0.1) is 6.21 Å². The topological polar surface area (TPSA) is 106 Å². The van der Waals surface area contributed by atoms with E-state index >= 15 is 0 Å². The summed E-state index contributed by atoms with van der Waals surface area (Å²) in [5.74, 6) is 0.894. The Kier molecular flexibility index (Phi) is 5.68. The highest BCUT2D eigenvalue weighted by molar-refractivity contribution is 7.94. The Morgan fingerprint density at radius 2 is 1.80 bits per heavy atom. The number of anilines is 1. The zero-order chi connectivity index (χ0) is 21.0. The number of fused-ring (bicyclic) bond motifs is 1. The predicted octanol–water partition coefficient (Wildman–Crippen LogP) is 3.08. The molecule has 0 saturated heterocycles. The van der Waals surface area contributed by atoms with Crippen LogP contribution in [0.2, 0.25) is 0 Å². The van der Waals surface area contributed by atoms with Gasteiger partial charge in [0.25, 0.3) is 15.9 Å². The number of hydrazone groups is 1. The molecule has 2 heterocycles. The van der Waals surface area contributed by atoms with Gasteiger partial charge in [-0.2, -0.15) is 5.10 Å². The van der Waals surface area contributed by atoms with Crippen molar-refractivity contribution in [2.75, 3.05) is 17.9 Å². The van der Waals surface area contributed by atoms with Crippen LogP contribution in [-0.4, -0.2) is 33.8 Å². The Bertz CT molecular complexity index is 1170. The fourth-order valence-corrected chi connectivity index (χ4v) is 4.73. The third-order valence-corrected chi connectivity index (χ3v) is 6.88. The van der Waals surface area contributed by atoms with Crippen LogP contribution in [0.4, 0.5) is 5.69 Å². The molecule has 154 valence electrons. The van der Waals surface area contributed by atoms with E-state index in [2.05, 4.69) is 15.2 Å². The van der Waals surface area contributed by atoms with Crippen LogP contribution in [0.5, 0.6) is 11.5 Å². The second-order valence-corrected chi connectivity index (χ2v) is 9.07. The Morgan fingerprint density at radius 1 is 1.03 bits per heavy atom. The fraction of sp³-hybridized carbons (Fsp3) is 0.100. The first-order valence-electron chi connectivity index (χ1n) is 8.91. The minimum Gasteiger partial charge on any atom is -0.486 e. The number of rotatable bonds is 6. The number of carbonyl (C=O) groups is 1. The molecule has 10 heteroatoms. The molecule has 1 aliphatic rings. The maximum atomic E-state index is 12.2. The monoisotopic (exact) mass is 443 g/mol. The number of nitrogens with one attached hydrogen (secondary N) is 2. The van der Waals surface area contributed by atoms with Gasteiger partial charge in [0.2, 0.25) is 0 Å². The lowest BCUT2D eigenvalue weighted by Crippen LogP contribution is -2.18. The summed E-state index contributed by atoms with van der Waals surface area (Å²) in [6.07, 6.45) is 1.50. The second kappa shape index (κ2) is 8.56.